The Morgan fingerprint density at radius 2 is 2.21 bits per heavy atom. The van der Waals surface area contributed by atoms with E-state index in [4.69, 9.17) is 4.74 Å². The third-order valence-electron chi connectivity index (χ3n) is 2.17. The van der Waals surface area contributed by atoms with Crippen LogP contribution >= 0.6 is 0 Å². The molecule has 0 heterocycles. The molecule has 1 unspecified atom stereocenters. The molecule has 0 radical (unpaired) electrons. The van der Waals surface area contributed by atoms with Gasteiger partial charge >= 0.3 is 0 Å². The van der Waals surface area contributed by atoms with Gasteiger partial charge < -0.3 is 10.1 Å². The van der Waals surface area contributed by atoms with Crippen molar-refractivity contribution in [1.29, 1.82) is 0 Å². The molecule has 3 heteroatoms. The lowest BCUT2D eigenvalue weighted by Crippen LogP contribution is -2.18. The lowest BCUT2D eigenvalue weighted by molar-refractivity contribution is 0.400. The lowest BCUT2D eigenvalue weighted by atomic mass is 10.1. The van der Waals surface area contributed by atoms with Crippen LogP contribution in [0.4, 0.5) is 4.39 Å². The second kappa shape index (κ2) is 4.96. The third-order valence-corrected chi connectivity index (χ3v) is 2.17. The van der Waals surface area contributed by atoms with Crippen molar-refractivity contribution in [3.8, 4) is 5.75 Å². The van der Waals surface area contributed by atoms with Crippen LogP contribution in [0, 0.1) is 5.82 Å². The molecule has 0 amide bonds. The summed E-state index contributed by atoms with van der Waals surface area (Å²) in [6.45, 7) is 4.85. The minimum Gasteiger partial charge on any atom is -0.496 e. The summed E-state index contributed by atoms with van der Waals surface area (Å²) in [5.41, 5.74) is 0.856. The van der Waals surface area contributed by atoms with Gasteiger partial charge in [-0.2, -0.15) is 0 Å². The molecule has 0 aliphatic carbocycles. The van der Waals surface area contributed by atoms with Gasteiger partial charge in [-0.15, -0.1) is 0 Å². The van der Waals surface area contributed by atoms with Gasteiger partial charge in [0, 0.05) is 11.6 Å². The lowest BCUT2D eigenvalue weighted by Gasteiger charge is -2.16. The highest BCUT2D eigenvalue weighted by molar-refractivity contribution is 5.36. The van der Waals surface area contributed by atoms with Crippen LogP contribution in [-0.4, -0.2) is 13.7 Å². The van der Waals surface area contributed by atoms with Crippen LogP contribution in [0.2, 0.25) is 0 Å². The molecule has 1 aromatic rings. The summed E-state index contributed by atoms with van der Waals surface area (Å²) in [7, 11) is 1.59. The van der Waals surface area contributed by atoms with Crippen molar-refractivity contribution in [2.75, 3.05) is 13.7 Å². The molecular weight excluding hydrogens is 181 g/mol. The van der Waals surface area contributed by atoms with Crippen LogP contribution in [-0.2, 0) is 0 Å². The zero-order valence-corrected chi connectivity index (χ0v) is 8.80. The standard InChI is InChI=1S/C11H16FNO/c1-4-13-8(2)10-7-9(12)5-6-11(10)14-3/h5-8,13H,4H2,1-3H3. The van der Waals surface area contributed by atoms with Gasteiger partial charge in [0.15, 0.2) is 0 Å². The number of hydrogen-bond donors (Lipinski definition) is 1. The predicted octanol–water partition coefficient (Wildman–Crippen LogP) is 2.50. The van der Waals surface area contributed by atoms with Crippen LogP contribution in [0.5, 0.6) is 5.75 Å². The SMILES string of the molecule is CCNC(C)c1cc(F)ccc1OC. The molecule has 0 fully saturated rings. The van der Waals surface area contributed by atoms with E-state index in [1.165, 1.54) is 12.1 Å². The van der Waals surface area contributed by atoms with Crippen molar-refractivity contribution in [3.05, 3.63) is 29.6 Å². The van der Waals surface area contributed by atoms with Crippen LogP contribution in [0.1, 0.15) is 25.5 Å². The summed E-state index contributed by atoms with van der Waals surface area (Å²) in [6.07, 6.45) is 0. The smallest absolute Gasteiger partial charge is 0.123 e. The number of halogens is 1. The van der Waals surface area contributed by atoms with Gasteiger partial charge in [-0.25, -0.2) is 4.39 Å². The Kier molecular flexibility index (Phi) is 3.89. The summed E-state index contributed by atoms with van der Waals surface area (Å²) in [5, 5.41) is 3.22. The first-order chi connectivity index (χ1) is 6.69. The minimum atomic E-state index is -0.231. The molecule has 1 aromatic carbocycles. The number of hydrogen-bond acceptors (Lipinski definition) is 2. The molecule has 0 saturated heterocycles. The van der Waals surface area contributed by atoms with E-state index in [-0.39, 0.29) is 11.9 Å². The Bertz CT molecular complexity index is 301. The quantitative estimate of drug-likeness (QED) is 0.800. The molecule has 1 N–H and O–H groups in total. The van der Waals surface area contributed by atoms with E-state index in [2.05, 4.69) is 5.32 Å². The average Bonchev–Trinajstić information content (AvgIpc) is 2.18. The molecule has 0 spiro atoms. The van der Waals surface area contributed by atoms with E-state index in [0.717, 1.165) is 17.9 Å². The van der Waals surface area contributed by atoms with Gasteiger partial charge in [-0.1, -0.05) is 6.92 Å². The van der Waals surface area contributed by atoms with E-state index in [0.29, 0.717) is 0 Å². The zero-order chi connectivity index (χ0) is 10.6. The van der Waals surface area contributed by atoms with Crippen molar-refractivity contribution < 1.29 is 9.13 Å². The van der Waals surface area contributed by atoms with E-state index >= 15 is 0 Å². The average molecular weight is 197 g/mol. The van der Waals surface area contributed by atoms with Crippen molar-refractivity contribution >= 4 is 0 Å². The number of nitrogens with one attached hydrogen (secondary N) is 1. The Morgan fingerprint density at radius 1 is 1.50 bits per heavy atom. The minimum absolute atomic E-state index is 0.102. The van der Waals surface area contributed by atoms with Crippen molar-refractivity contribution in [3.63, 3.8) is 0 Å². The molecule has 0 saturated carbocycles. The first kappa shape index (κ1) is 11.0. The fourth-order valence-electron chi connectivity index (χ4n) is 1.46. The summed E-state index contributed by atoms with van der Waals surface area (Å²) in [6, 6.07) is 4.66. The monoisotopic (exact) mass is 197 g/mol. The topological polar surface area (TPSA) is 21.3 Å². The maximum absolute atomic E-state index is 13.0. The van der Waals surface area contributed by atoms with Crippen molar-refractivity contribution in [1.82, 2.24) is 5.32 Å². The highest BCUT2D eigenvalue weighted by Crippen LogP contribution is 2.25. The van der Waals surface area contributed by atoms with E-state index in [9.17, 15) is 4.39 Å². The molecule has 0 aromatic heterocycles. The zero-order valence-electron chi connectivity index (χ0n) is 8.80. The number of rotatable bonds is 4. The summed E-state index contributed by atoms with van der Waals surface area (Å²) in [5.74, 6) is 0.491. The first-order valence-corrected chi connectivity index (χ1v) is 4.75. The van der Waals surface area contributed by atoms with Gasteiger partial charge in [0.25, 0.3) is 0 Å². The molecule has 78 valence electrons. The molecular formula is C11H16FNO. The Hall–Kier alpha value is -1.09. The van der Waals surface area contributed by atoms with Gasteiger partial charge in [-0.3, -0.25) is 0 Å². The van der Waals surface area contributed by atoms with E-state index in [1.807, 2.05) is 13.8 Å². The summed E-state index contributed by atoms with van der Waals surface area (Å²) >= 11 is 0. The third kappa shape index (κ3) is 2.45. The van der Waals surface area contributed by atoms with Crippen molar-refractivity contribution in [2.45, 2.75) is 19.9 Å². The molecule has 0 aliphatic heterocycles. The fourth-order valence-corrected chi connectivity index (χ4v) is 1.46. The number of ether oxygens (including phenoxy) is 1. The fraction of sp³-hybridized carbons (Fsp3) is 0.455. The Labute approximate surface area is 84.1 Å². The summed E-state index contributed by atoms with van der Waals surface area (Å²) in [4.78, 5) is 0. The second-order valence-electron chi connectivity index (χ2n) is 3.17. The second-order valence-corrected chi connectivity index (χ2v) is 3.17. The number of benzene rings is 1. The molecule has 0 aliphatic rings. The molecule has 1 atom stereocenters. The van der Waals surface area contributed by atoms with E-state index in [1.54, 1.807) is 13.2 Å². The molecule has 0 bridgehead atoms. The predicted molar refractivity (Wildman–Crippen MR) is 55.0 cm³/mol. The van der Waals surface area contributed by atoms with Gasteiger partial charge in [0.2, 0.25) is 0 Å². The van der Waals surface area contributed by atoms with Gasteiger partial charge in [-0.05, 0) is 31.7 Å². The highest BCUT2D eigenvalue weighted by atomic mass is 19.1. The Morgan fingerprint density at radius 3 is 2.79 bits per heavy atom. The maximum Gasteiger partial charge on any atom is 0.123 e. The maximum atomic E-state index is 13.0. The summed E-state index contributed by atoms with van der Waals surface area (Å²) < 4.78 is 18.2. The van der Waals surface area contributed by atoms with Gasteiger partial charge in [0.05, 0.1) is 7.11 Å². The normalized spacial score (nSPS) is 12.6. The van der Waals surface area contributed by atoms with Crippen molar-refractivity contribution in [2.24, 2.45) is 0 Å². The first-order valence-electron chi connectivity index (χ1n) is 4.75. The molecule has 2 nitrogen and oxygen atoms in total. The molecule has 14 heavy (non-hydrogen) atoms. The van der Waals surface area contributed by atoms with Crippen LogP contribution in [0.3, 0.4) is 0 Å². The number of methoxy groups -OCH3 is 1. The van der Waals surface area contributed by atoms with Gasteiger partial charge in [0.1, 0.15) is 11.6 Å². The largest absolute Gasteiger partial charge is 0.496 e. The van der Waals surface area contributed by atoms with Crippen LogP contribution in [0.25, 0.3) is 0 Å². The molecule has 1 rings (SSSR count). The van der Waals surface area contributed by atoms with Crippen LogP contribution < -0.4 is 10.1 Å². The highest BCUT2D eigenvalue weighted by Gasteiger charge is 2.10. The van der Waals surface area contributed by atoms with E-state index < -0.39 is 0 Å². The Balaban J connectivity index is 2.97. The van der Waals surface area contributed by atoms with Crippen LogP contribution in [0.15, 0.2) is 18.2 Å².